The minimum atomic E-state index is -4.75. The van der Waals surface area contributed by atoms with E-state index in [0.29, 0.717) is 17.8 Å². The van der Waals surface area contributed by atoms with Gasteiger partial charge in [-0.15, -0.1) is 0 Å². The Bertz CT molecular complexity index is 952. The van der Waals surface area contributed by atoms with Crippen LogP contribution in [0.15, 0.2) is 46.2 Å². The van der Waals surface area contributed by atoms with Crippen LogP contribution >= 0.6 is 0 Å². The lowest BCUT2D eigenvalue weighted by atomic mass is 10.3. The molecule has 0 saturated heterocycles. The second-order valence-corrected chi connectivity index (χ2v) is 7.24. The standard InChI is InChI=1S/C12H12N2O7S2/c13-7-1-3-8(4-2-7)21-10-6-11(22(15,16)17)9(14)5-12(10)23(18,19)20/h1-6H,13-14H2,(H,15,16,17)(H,18,19,20). The molecule has 9 nitrogen and oxygen atoms in total. The maximum Gasteiger partial charge on any atom is 0.298 e. The summed E-state index contributed by atoms with van der Waals surface area (Å²) in [5.74, 6) is -0.408. The SMILES string of the molecule is Nc1ccc(Oc2cc(S(=O)(=O)O)c(N)cc2S(=O)(=O)O)cc1. The van der Waals surface area contributed by atoms with E-state index in [1.807, 2.05) is 0 Å². The molecule has 0 fully saturated rings. The summed E-state index contributed by atoms with van der Waals surface area (Å²) in [5, 5.41) is 0. The van der Waals surface area contributed by atoms with Crippen LogP contribution in [0.2, 0.25) is 0 Å². The fourth-order valence-corrected chi connectivity index (χ4v) is 2.97. The molecule has 0 bridgehead atoms. The number of anilines is 2. The molecule has 11 heteroatoms. The highest BCUT2D eigenvalue weighted by Gasteiger charge is 2.24. The Balaban J connectivity index is 2.65. The van der Waals surface area contributed by atoms with Crippen molar-refractivity contribution in [3.63, 3.8) is 0 Å². The van der Waals surface area contributed by atoms with Gasteiger partial charge in [0.2, 0.25) is 0 Å². The molecule has 0 spiro atoms. The van der Waals surface area contributed by atoms with Crippen molar-refractivity contribution in [1.82, 2.24) is 0 Å². The molecule has 2 aromatic rings. The number of nitrogen functional groups attached to an aromatic ring is 2. The number of ether oxygens (including phenoxy) is 1. The average Bonchev–Trinajstić information content (AvgIpc) is 2.40. The molecule has 0 aromatic heterocycles. The fourth-order valence-electron chi connectivity index (χ4n) is 1.72. The van der Waals surface area contributed by atoms with Gasteiger partial charge in [0.05, 0.1) is 5.69 Å². The molecule has 124 valence electrons. The van der Waals surface area contributed by atoms with Crippen LogP contribution in [0.4, 0.5) is 11.4 Å². The first-order valence-electron chi connectivity index (χ1n) is 5.90. The van der Waals surface area contributed by atoms with Crippen molar-refractivity contribution < 1.29 is 30.7 Å². The highest BCUT2D eigenvalue weighted by atomic mass is 32.2. The van der Waals surface area contributed by atoms with Crippen LogP contribution in [0.1, 0.15) is 0 Å². The maximum absolute atomic E-state index is 11.4. The average molecular weight is 360 g/mol. The Morgan fingerprint density at radius 3 is 1.83 bits per heavy atom. The third-order valence-corrected chi connectivity index (χ3v) is 4.52. The van der Waals surface area contributed by atoms with Crippen LogP contribution in [-0.2, 0) is 20.2 Å². The van der Waals surface area contributed by atoms with Gasteiger partial charge < -0.3 is 16.2 Å². The fraction of sp³-hybridized carbons (Fsp3) is 0. The van der Waals surface area contributed by atoms with Gasteiger partial charge in [0.25, 0.3) is 20.2 Å². The van der Waals surface area contributed by atoms with E-state index in [0.717, 1.165) is 0 Å². The first-order valence-corrected chi connectivity index (χ1v) is 8.78. The minimum Gasteiger partial charge on any atom is -0.456 e. The molecule has 0 aliphatic rings. The Labute approximate surface area is 132 Å². The summed E-state index contributed by atoms with van der Waals surface area (Å²) in [6.07, 6.45) is 0. The second kappa shape index (κ2) is 5.70. The number of rotatable bonds is 4. The van der Waals surface area contributed by atoms with E-state index in [-0.39, 0.29) is 5.75 Å². The third-order valence-electron chi connectivity index (χ3n) is 2.74. The summed E-state index contributed by atoms with van der Waals surface area (Å²) < 4.78 is 68.9. The lowest BCUT2D eigenvalue weighted by molar-refractivity contribution is 0.446. The van der Waals surface area contributed by atoms with E-state index in [1.165, 1.54) is 24.3 Å². The molecular formula is C12H12N2O7S2. The molecule has 0 amide bonds. The maximum atomic E-state index is 11.4. The predicted molar refractivity (Wildman–Crippen MR) is 81.4 cm³/mol. The number of nitrogens with two attached hydrogens (primary N) is 2. The van der Waals surface area contributed by atoms with Crippen molar-refractivity contribution >= 4 is 31.6 Å². The molecule has 0 atom stereocenters. The van der Waals surface area contributed by atoms with Gasteiger partial charge in [0, 0.05) is 11.8 Å². The summed E-state index contributed by atoms with van der Waals surface area (Å²) in [4.78, 5) is -1.51. The number of hydrogen-bond acceptors (Lipinski definition) is 7. The van der Waals surface area contributed by atoms with E-state index in [4.69, 9.17) is 20.8 Å². The molecular weight excluding hydrogens is 348 g/mol. The van der Waals surface area contributed by atoms with Crippen LogP contribution in [-0.4, -0.2) is 25.9 Å². The zero-order chi connectivity index (χ0) is 17.4. The van der Waals surface area contributed by atoms with Gasteiger partial charge >= 0.3 is 0 Å². The summed E-state index contributed by atoms with van der Waals surface area (Å²) in [6, 6.07) is 7.08. The summed E-state index contributed by atoms with van der Waals surface area (Å²) in [6.45, 7) is 0. The smallest absolute Gasteiger partial charge is 0.298 e. The van der Waals surface area contributed by atoms with E-state index in [1.54, 1.807) is 0 Å². The first kappa shape index (κ1) is 17.0. The minimum absolute atomic E-state index is 0.121. The van der Waals surface area contributed by atoms with Crippen molar-refractivity contribution in [2.45, 2.75) is 9.79 Å². The predicted octanol–water partition coefficient (Wildman–Crippen LogP) is 1.14. The lowest BCUT2D eigenvalue weighted by Gasteiger charge is -2.12. The molecule has 0 aliphatic carbocycles. The van der Waals surface area contributed by atoms with Crippen molar-refractivity contribution in [2.24, 2.45) is 0 Å². The van der Waals surface area contributed by atoms with Gasteiger partial charge in [0.1, 0.15) is 21.3 Å². The normalized spacial score (nSPS) is 12.1. The zero-order valence-electron chi connectivity index (χ0n) is 11.4. The van der Waals surface area contributed by atoms with Crippen molar-refractivity contribution in [3.05, 3.63) is 36.4 Å². The van der Waals surface area contributed by atoms with E-state index >= 15 is 0 Å². The van der Waals surface area contributed by atoms with Gasteiger partial charge in [-0.2, -0.15) is 16.8 Å². The molecule has 0 radical (unpaired) electrons. The zero-order valence-corrected chi connectivity index (χ0v) is 13.0. The van der Waals surface area contributed by atoms with Gasteiger partial charge in [-0.3, -0.25) is 9.11 Å². The molecule has 2 rings (SSSR count). The van der Waals surface area contributed by atoms with Crippen molar-refractivity contribution in [3.8, 4) is 11.5 Å². The third kappa shape index (κ3) is 3.90. The Hall–Kier alpha value is -2.34. The Kier molecular flexibility index (Phi) is 4.22. The van der Waals surface area contributed by atoms with E-state index in [2.05, 4.69) is 0 Å². The Morgan fingerprint density at radius 1 is 0.826 bits per heavy atom. The topological polar surface area (TPSA) is 170 Å². The molecule has 0 saturated carbocycles. The van der Waals surface area contributed by atoms with Crippen molar-refractivity contribution in [2.75, 3.05) is 11.5 Å². The number of benzene rings is 2. The van der Waals surface area contributed by atoms with Crippen molar-refractivity contribution in [1.29, 1.82) is 0 Å². The molecule has 2 aromatic carbocycles. The summed E-state index contributed by atoms with van der Waals surface area (Å²) >= 11 is 0. The van der Waals surface area contributed by atoms with Gasteiger partial charge in [-0.1, -0.05) is 0 Å². The second-order valence-electron chi connectivity index (χ2n) is 4.46. The molecule has 0 aliphatic heterocycles. The largest absolute Gasteiger partial charge is 0.456 e. The molecule has 0 unspecified atom stereocenters. The molecule has 0 heterocycles. The van der Waals surface area contributed by atoms with Gasteiger partial charge in [0.15, 0.2) is 0 Å². The summed E-state index contributed by atoms with van der Waals surface area (Å²) in [5.41, 5.74) is 10.8. The van der Waals surface area contributed by atoms with Crippen LogP contribution in [0, 0.1) is 0 Å². The highest BCUT2D eigenvalue weighted by molar-refractivity contribution is 7.86. The van der Waals surface area contributed by atoms with Crippen LogP contribution < -0.4 is 16.2 Å². The van der Waals surface area contributed by atoms with Crippen LogP contribution in [0.3, 0.4) is 0 Å². The first-order chi connectivity index (χ1) is 10.5. The van der Waals surface area contributed by atoms with Gasteiger partial charge in [-0.25, -0.2) is 0 Å². The molecule has 6 N–H and O–H groups in total. The Morgan fingerprint density at radius 2 is 1.35 bits per heavy atom. The van der Waals surface area contributed by atoms with Gasteiger partial charge in [-0.05, 0) is 30.3 Å². The lowest BCUT2D eigenvalue weighted by Crippen LogP contribution is -2.08. The highest BCUT2D eigenvalue weighted by Crippen LogP contribution is 2.34. The number of hydrogen-bond donors (Lipinski definition) is 4. The summed E-state index contributed by atoms with van der Waals surface area (Å²) in [7, 11) is -9.47. The molecule has 23 heavy (non-hydrogen) atoms. The van der Waals surface area contributed by atoms with E-state index in [9.17, 15) is 21.4 Å². The monoisotopic (exact) mass is 360 g/mol. The van der Waals surface area contributed by atoms with Crippen LogP contribution in [0.25, 0.3) is 0 Å². The van der Waals surface area contributed by atoms with Crippen LogP contribution in [0.5, 0.6) is 11.5 Å². The quantitative estimate of drug-likeness (QED) is 0.461. The van der Waals surface area contributed by atoms with E-state index < -0.39 is 41.5 Å².